The second-order valence-corrected chi connectivity index (χ2v) is 4.20. The highest BCUT2D eigenvalue weighted by Gasteiger charge is 2.10. The van der Waals surface area contributed by atoms with Crippen LogP contribution in [-0.2, 0) is 4.79 Å². The van der Waals surface area contributed by atoms with Crippen LogP contribution < -0.4 is 20.5 Å². The van der Waals surface area contributed by atoms with Crippen molar-refractivity contribution in [2.45, 2.75) is 19.8 Å². The summed E-state index contributed by atoms with van der Waals surface area (Å²) in [6.07, 6.45) is 1.10. The molecule has 0 aliphatic heterocycles. The van der Waals surface area contributed by atoms with Crippen LogP contribution in [0.15, 0.2) is 6.07 Å². The number of carbonyl (C=O) groups excluding carboxylic acids is 1. The van der Waals surface area contributed by atoms with Crippen molar-refractivity contribution in [3.63, 3.8) is 0 Å². The summed E-state index contributed by atoms with van der Waals surface area (Å²) in [6.45, 7) is 2.56. The van der Waals surface area contributed by atoms with Gasteiger partial charge in [-0.25, -0.2) is 0 Å². The summed E-state index contributed by atoms with van der Waals surface area (Å²) >= 11 is 0. The van der Waals surface area contributed by atoms with Crippen LogP contribution in [0.4, 0.5) is 5.95 Å². The van der Waals surface area contributed by atoms with E-state index in [0.29, 0.717) is 30.6 Å². The fourth-order valence-electron chi connectivity index (χ4n) is 1.35. The zero-order valence-corrected chi connectivity index (χ0v) is 11.5. The van der Waals surface area contributed by atoms with Gasteiger partial charge in [0.15, 0.2) is 0 Å². The highest BCUT2D eigenvalue weighted by molar-refractivity contribution is 5.88. The van der Waals surface area contributed by atoms with Gasteiger partial charge < -0.3 is 15.2 Å². The van der Waals surface area contributed by atoms with Gasteiger partial charge in [-0.15, -0.1) is 0 Å². The first-order valence-electron chi connectivity index (χ1n) is 6.06. The molecule has 1 unspecified atom stereocenters. The number of carbonyl (C=O) groups is 1. The van der Waals surface area contributed by atoms with E-state index < -0.39 is 0 Å². The molecule has 1 rings (SSSR count). The zero-order valence-electron chi connectivity index (χ0n) is 11.5. The SMILES string of the molecule is COc1cc(OC)nc(NC(=O)CCC(C)CN)n1. The van der Waals surface area contributed by atoms with Crippen LogP contribution >= 0.6 is 0 Å². The lowest BCUT2D eigenvalue weighted by Crippen LogP contribution is -2.17. The predicted octanol–water partition coefficient (Wildman–Crippen LogP) is 0.807. The summed E-state index contributed by atoms with van der Waals surface area (Å²) < 4.78 is 9.99. The quantitative estimate of drug-likeness (QED) is 0.759. The number of anilines is 1. The van der Waals surface area contributed by atoms with Crippen LogP contribution in [-0.4, -0.2) is 36.6 Å². The number of ether oxygens (including phenoxy) is 2. The van der Waals surface area contributed by atoms with Crippen LogP contribution in [0.3, 0.4) is 0 Å². The van der Waals surface area contributed by atoms with Crippen molar-refractivity contribution in [1.82, 2.24) is 9.97 Å². The smallest absolute Gasteiger partial charge is 0.236 e. The monoisotopic (exact) mass is 268 g/mol. The van der Waals surface area contributed by atoms with E-state index in [4.69, 9.17) is 15.2 Å². The maximum absolute atomic E-state index is 11.7. The number of amides is 1. The molecule has 1 aromatic heterocycles. The van der Waals surface area contributed by atoms with Crippen LogP contribution in [0.25, 0.3) is 0 Å². The van der Waals surface area contributed by atoms with E-state index in [9.17, 15) is 4.79 Å². The summed E-state index contributed by atoms with van der Waals surface area (Å²) in [5.41, 5.74) is 5.50. The molecule has 3 N–H and O–H groups in total. The van der Waals surface area contributed by atoms with E-state index in [1.54, 1.807) is 0 Å². The molecule has 1 aromatic rings. The number of nitrogens with zero attached hydrogens (tertiary/aromatic N) is 2. The second-order valence-electron chi connectivity index (χ2n) is 4.20. The van der Waals surface area contributed by atoms with Gasteiger partial charge in [0.05, 0.1) is 20.3 Å². The Labute approximate surface area is 112 Å². The Balaban J connectivity index is 2.62. The number of hydrogen-bond donors (Lipinski definition) is 2. The molecule has 0 radical (unpaired) electrons. The largest absolute Gasteiger partial charge is 0.481 e. The number of nitrogens with two attached hydrogens (primary N) is 1. The molecule has 7 heteroatoms. The van der Waals surface area contributed by atoms with Crippen molar-refractivity contribution in [1.29, 1.82) is 0 Å². The zero-order chi connectivity index (χ0) is 14.3. The van der Waals surface area contributed by atoms with Gasteiger partial charge in [-0.3, -0.25) is 10.1 Å². The molecular weight excluding hydrogens is 248 g/mol. The maximum Gasteiger partial charge on any atom is 0.236 e. The summed E-state index contributed by atoms with van der Waals surface area (Å²) in [5.74, 6) is 0.985. The highest BCUT2D eigenvalue weighted by atomic mass is 16.5. The van der Waals surface area contributed by atoms with Crippen LogP contribution in [0.5, 0.6) is 11.8 Å². The Hall–Kier alpha value is -1.89. The topological polar surface area (TPSA) is 99.4 Å². The fraction of sp³-hybridized carbons (Fsp3) is 0.583. The fourth-order valence-corrected chi connectivity index (χ4v) is 1.35. The molecule has 106 valence electrons. The average molecular weight is 268 g/mol. The first-order chi connectivity index (χ1) is 9.08. The lowest BCUT2D eigenvalue weighted by atomic mass is 10.1. The van der Waals surface area contributed by atoms with Crippen molar-refractivity contribution in [2.24, 2.45) is 11.7 Å². The normalized spacial score (nSPS) is 11.8. The van der Waals surface area contributed by atoms with E-state index in [1.807, 2.05) is 6.92 Å². The molecule has 0 fully saturated rings. The molecule has 1 heterocycles. The number of aromatic nitrogens is 2. The molecule has 0 saturated heterocycles. The number of methoxy groups -OCH3 is 2. The van der Waals surface area contributed by atoms with Gasteiger partial charge in [0, 0.05) is 6.42 Å². The molecule has 0 aliphatic rings. The Bertz CT molecular complexity index is 403. The molecule has 0 saturated carbocycles. The Morgan fingerprint density at radius 3 is 2.42 bits per heavy atom. The van der Waals surface area contributed by atoms with Crippen molar-refractivity contribution in [3.8, 4) is 11.8 Å². The second kappa shape index (κ2) is 7.52. The van der Waals surface area contributed by atoms with Gasteiger partial charge >= 0.3 is 0 Å². The van der Waals surface area contributed by atoms with E-state index in [-0.39, 0.29) is 11.9 Å². The van der Waals surface area contributed by atoms with Crippen LogP contribution in [0.1, 0.15) is 19.8 Å². The predicted molar refractivity (Wildman–Crippen MR) is 71.2 cm³/mol. The van der Waals surface area contributed by atoms with Crippen LogP contribution in [0, 0.1) is 5.92 Å². The van der Waals surface area contributed by atoms with Gasteiger partial charge in [0.25, 0.3) is 0 Å². The third-order valence-electron chi connectivity index (χ3n) is 2.62. The Morgan fingerprint density at radius 1 is 1.37 bits per heavy atom. The van der Waals surface area contributed by atoms with E-state index >= 15 is 0 Å². The van der Waals surface area contributed by atoms with E-state index in [0.717, 1.165) is 6.42 Å². The Kier molecular flexibility index (Phi) is 6.01. The molecule has 0 aromatic carbocycles. The molecule has 19 heavy (non-hydrogen) atoms. The number of nitrogens with one attached hydrogen (secondary N) is 1. The maximum atomic E-state index is 11.7. The van der Waals surface area contributed by atoms with Gasteiger partial charge in [-0.05, 0) is 18.9 Å². The van der Waals surface area contributed by atoms with Gasteiger partial charge in [0.2, 0.25) is 23.6 Å². The molecule has 1 amide bonds. The summed E-state index contributed by atoms with van der Waals surface area (Å²) in [4.78, 5) is 19.8. The molecule has 0 spiro atoms. The van der Waals surface area contributed by atoms with Crippen molar-refractivity contribution >= 4 is 11.9 Å². The summed E-state index contributed by atoms with van der Waals surface area (Å²) in [6, 6.07) is 1.53. The van der Waals surface area contributed by atoms with Crippen molar-refractivity contribution in [3.05, 3.63) is 6.07 Å². The minimum atomic E-state index is -0.157. The highest BCUT2D eigenvalue weighted by Crippen LogP contribution is 2.17. The summed E-state index contributed by atoms with van der Waals surface area (Å²) in [5, 5.41) is 2.61. The third kappa shape index (κ3) is 5.09. The molecule has 7 nitrogen and oxygen atoms in total. The molecular formula is C12H20N4O3. The van der Waals surface area contributed by atoms with E-state index in [1.165, 1.54) is 20.3 Å². The van der Waals surface area contributed by atoms with Gasteiger partial charge in [-0.2, -0.15) is 9.97 Å². The lowest BCUT2D eigenvalue weighted by Gasteiger charge is -2.09. The molecule has 1 atom stereocenters. The summed E-state index contributed by atoms with van der Waals surface area (Å²) in [7, 11) is 2.96. The van der Waals surface area contributed by atoms with Crippen molar-refractivity contribution < 1.29 is 14.3 Å². The minimum absolute atomic E-state index is 0.157. The average Bonchev–Trinajstić information content (AvgIpc) is 2.44. The standard InChI is InChI=1S/C12H20N4O3/c1-8(7-13)4-5-9(17)14-12-15-10(18-2)6-11(16-12)19-3/h6,8H,4-5,7,13H2,1-3H3,(H,14,15,16,17). The molecule has 0 aliphatic carbocycles. The van der Waals surface area contributed by atoms with E-state index in [2.05, 4.69) is 15.3 Å². The molecule has 0 bridgehead atoms. The van der Waals surface area contributed by atoms with Crippen molar-refractivity contribution in [2.75, 3.05) is 26.1 Å². The lowest BCUT2D eigenvalue weighted by molar-refractivity contribution is -0.116. The van der Waals surface area contributed by atoms with Gasteiger partial charge in [-0.1, -0.05) is 6.92 Å². The minimum Gasteiger partial charge on any atom is -0.481 e. The number of rotatable bonds is 7. The Morgan fingerprint density at radius 2 is 1.95 bits per heavy atom. The van der Waals surface area contributed by atoms with Gasteiger partial charge in [0.1, 0.15) is 0 Å². The third-order valence-corrected chi connectivity index (χ3v) is 2.62. The number of hydrogen-bond acceptors (Lipinski definition) is 6. The van der Waals surface area contributed by atoms with Crippen LogP contribution in [0.2, 0.25) is 0 Å². The first kappa shape index (κ1) is 15.2. The first-order valence-corrected chi connectivity index (χ1v) is 6.06.